The summed E-state index contributed by atoms with van der Waals surface area (Å²) in [4.78, 5) is 11.5. The molecule has 0 atom stereocenters. The highest BCUT2D eigenvalue weighted by molar-refractivity contribution is 6.40. The number of hydrogen-bond acceptors (Lipinski definition) is 4. The van der Waals surface area contributed by atoms with Crippen LogP contribution in [0.3, 0.4) is 0 Å². The Kier molecular flexibility index (Phi) is 3.55. The van der Waals surface area contributed by atoms with E-state index in [1.54, 1.807) is 24.9 Å². The monoisotopic (exact) mass is 246 g/mol. The molecule has 0 N–H and O–H groups in total. The maximum absolute atomic E-state index is 11.5. The normalized spacial score (nSPS) is 10.6. The Bertz CT molecular complexity index is 580. The first-order chi connectivity index (χ1) is 8.67. The van der Waals surface area contributed by atoms with Crippen LogP contribution in [0.15, 0.2) is 18.3 Å². The molecule has 0 aliphatic carbocycles. The zero-order valence-corrected chi connectivity index (χ0v) is 10.8. The first-order valence-corrected chi connectivity index (χ1v) is 5.82. The molecule has 18 heavy (non-hydrogen) atoms. The molecule has 0 saturated heterocycles. The fourth-order valence-electron chi connectivity index (χ4n) is 1.95. The number of ether oxygens (including phenoxy) is 2. The Hall–Kier alpha value is -1.98. The zero-order valence-electron chi connectivity index (χ0n) is 10.8. The first kappa shape index (κ1) is 12.5. The molecule has 1 heterocycles. The molecule has 0 bridgehead atoms. The van der Waals surface area contributed by atoms with Crippen LogP contribution in [0.25, 0.3) is 10.9 Å². The number of carbonyl (C=O) groups is 1. The summed E-state index contributed by atoms with van der Waals surface area (Å²) in [6, 6.07) is 3.77. The summed E-state index contributed by atoms with van der Waals surface area (Å²) in [6.07, 6.45) is 1.74. The lowest BCUT2D eigenvalue weighted by molar-refractivity contribution is -0.143. The third-order valence-electron chi connectivity index (χ3n) is 2.85. The molecule has 5 nitrogen and oxygen atoms in total. The number of nitrogens with zero attached hydrogens (tertiary/aromatic N) is 2. The number of esters is 1. The molecule has 0 radical (unpaired) electrons. The molecule has 1 aromatic heterocycles. The number of benzene rings is 1. The zero-order chi connectivity index (χ0) is 13.1. The van der Waals surface area contributed by atoms with Crippen molar-refractivity contribution in [1.29, 1.82) is 0 Å². The van der Waals surface area contributed by atoms with Crippen molar-refractivity contribution in [3.63, 3.8) is 0 Å². The van der Waals surface area contributed by atoms with Crippen LogP contribution >= 0.6 is 0 Å². The minimum Gasteiger partial charge on any atom is -0.497 e. The standard InChI is InChI=1S/C12H15BN2O3/c1-3-18-11(16)7-15-9-4-5-10(17-2)12(13)8(9)6-14-15/h4-6H,3,7,13H2,1-2H3. The van der Waals surface area contributed by atoms with E-state index in [0.717, 1.165) is 22.1 Å². The van der Waals surface area contributed by atoms with E-state index in [1.807, 2.05) is 20.0 Å². The SMILES string of the molecule is Bc1c(OC)ccc2c1cnn2CC(=O)OCC. The second-order valence-electron chi connectivity index (χ2n) is 3.93. The van der Waals surface area contributed by atoms with Gasteiger partial charge in [0.1, 0.15) is 20.1 Å². The highest BCUT2D eigenvalue weighted by Crippen LogP contribution is 2.17. The topological polar surface area (TPSA) is 53.4 Å². The van der Waals surface area contributed by atoms with Gasteiger partial charge >= 0.3 is 5.97 Å². The fourth-order valence-corrected chi connectivity index (χ4v) is 1.95. The van der Waals surface area contributed by atoms with E-state index in [-0.39, 0.29) is 12.5 Å². The first-order valence-electron chi connectivity index (χ1n) is 5.82. The molecule has 1 aromatic carbocycles. The molecule has 0 spiro atoms. The number of hydrogen-bond donors (Lipinski definition) is 0. The Balaban J connectivity index is 2.37. The van der Waals surface area contributed by atoms with E-state index >= 15 is 0 Å². The van der Waals surface area contributed by atoms with E-state index < -0.39 is 0 Å². The van der Waals surface area contributed by atoms with Gasteiger partial charge in [0.05, 0.1) is 25.4 Å². The lowest BCUT2D eigenvalue weighted by atomic mass is 9.91. The van der Waals surface area contributed by atoms with Gasteiger partial charge in [-0.2, -0.15) is 5.10 Å². The molecule has 2 rings (SSSR count). The second-order valence-corrected chi connectivity index (χ2v) is 3.93. The number of aromatic nitrogens is 2. The predicted molar refractivity (Wildman–Crippen MR) is 71.1 cm³/mol. The van der Waals surface area contributed by atoms with E-state index in [2.05, 4.69) is 5.10 Å². The van der Waals surface area contributed by atoms with E-state index in [4.69, 9.17) is 9.47 Å². The lowest BCUT2D eigenvalue weighted by Gasteiger charge is -2.07. The van der Waals surface area contributed by atoms with E-state index in [9.17, 15) is 4.79 Å². The van der Waals surface area contributed by atoms with Crippen LogP contribution < -0.4 is 10.2 Å². The maximum atomic E-state index is 11.5. The number of fused-ring (bicyclic) bond motifs is 1. The molecule has 0 saturated carbocycles. The largest absolute Gasteiger partial charge is 0.497 e. The van der Waals surface area contributed by atoms with Crippen molar-refractivity contribution in [3.8, 4) is 5.75 Å². The number of rotatable bonds is 4. The van der Waals surface area contributed by atoms with Crippen LogP contribution in [-0.2, 0) is 16.1 Å². The van der Waals surface area contributed by atoms with Crippen molar-refractivity contribution in [3.05, 3.63) is 18.3 Å². The van der Waals surface area contributed by atoms with Crippen LogP contribution in [0.2, 0.25) is 0 Å². The van der Waals surface area contributed by atoms with Crippen molar-refractivity contribution in [2.45, 2.75) is 13.5 Å². The van der Waals surface area contributed by atoms with Gasteiger partial charge in [-0.3, -0.25) is 9.48 Å². The number of methoxy groups -OCH3 is 1. The third kappa shape index (κ3) is 2.18. The van der Waals surface area contributed by atoms with Gasteiger partial charge in [0.15, 0.2) is 0 Å². The number of carbonyl (C=O) groups excluding carboxylic acids is 1. The van der Waals surface area contributed by atoms with Gasteiger partial charge in [-0.25, -0.2) is 0 Å². The molecule has 6 heteroatoms. The second kappa shape index (κ2) is 5.12. The van der Waals surface area contributed by atoms with Gasteiger partial charge in [-0.15, -0.1) is 0 Å². The molecule has 0 aliphatic heterocycles. The smallest absolute Gasteiger partial charge is 0.327 e. The Morgan fingerprint density at radius 2 is 2.28 bits per heavy atom. The van der Waals surface area contributed by atoms with Crippen LogP contribution in [0.5, 0.6) is 5.75 Å². The maximum Gasteiger partial charge on any atom is 0.327 e. The van der Waals surface area contributed by atoms with Crippen molar-refractivity contribution < 1.29 is 14.3 Å². The third-order valence-corrected chi connectivity index (χ3v) is 2.85. The van der Waals surface area contributed by atoms with Crippen LogP contribution in [-0.4, -0.2) is 37.3 Å². The Morgan fingerprint density at radius 3 is 2.94 bits per heavy atom. The van der Waals surface area contributed by atoms with Crippen LogP contribution in [0.1, 0.15) is 6.92 Å². The summed E-state index contributed by atoms with van der Waals surface area (Å²) in [5, 5.41) is 5.20. The van der Waals surface area contributed by atoms with Gasteiger partial charge in [0.2, 0.25) is 0 Å². The van der Waals surface area contributed by atoms with Crippen molar-refractivity contribution in [1.82, 2.24) is 9.78 Å². The highest BCUT2D eigenvalue weighted by Gasteiger charge is 2.11. The van der Waals surface area contributed by atoms with Crippen LogP contribution in [0.4, 0.5) is 0 Å². The molecular formula is C12H15BN2O3. The van der Waals surface area contributed by atoms with Crippen molar-refractivity contribution in [2.75, 3.05) is 13.7 Å². The minimum absolute atomic E-state index is 0.128. The summed E-state index contributed by atoms with van der Waals surface area (Å²) in [5.74, 6) is 0.536. The van der Waals surface area contributed by atoms with Gasteiger partial charge in [-0.05, 0) is 24.5 Å². The molecular weight excluding hydrogens is 231 g/mol. The van der Waals surface area contributed by atoms with E-state index in [0.29, 0.717) is 6.61 Å². The van der Waals surface area contributed by atoms with E-state index in [1.165, 1.54) is 0 Å². The molecule has 0 aliphatic rings. The minimum atomic E-state index is -0.282. The molecule has 0 amide bonds. The molecule has 94 valence electrons. The fraction of sp³-hybridized carbons (Fsp3) is 0.333. The van der Waals surface area contributed by atoms with Crippen LogP contribution in [0, 0.1) is 0 Å². The molecule has 0 unspecified atom stereocenters. The summed E-state index contributed by atoms with van der Waals surface area (Å²) >= 11 is 0. The summed E-state index contributed by atoms with van der Waals surface area (Å²) in [7, 11) is 3.61. The van der Waals surface area contributed by atoms with Gasteiger partial charge < -0.3 is 9.47 Å². The van der Waals surface area contributed by atoms with Gasteiger partial charge in [-0.1, -0.05) is 0 Å². The average Bonchev–Trinajstić information content (AvgIpc) is 2.74. The van der Waals surface area contributed by atoms with Gasteiger partial charge in [0.25, 0.3) is 0 Å². The Labute approximate surface area is 106 Å². The summed E-state index contributed by atoms with van der Waals surface area (Å²) in [6.45, 7) is 2.29. The predicted octanol–water partition coefficient (Wildman–Crippen LogP) is -0.134. The Morgan fingerprint density at radius 1 is 1.50 bits per heavy atom. The van der Waals surface area contributed by atoms with Gasteiger partial charge in [0, 0.05) is 5.39 Å². The highest BCUT2D eigenvalue weighted by atomic mass is 16.5. The lowest BCUT2D eigenvalue weighted by Crippen LogP contribution is -2.15. The molecule has 0 fully saturated rings. The quantitative estimate of drug-likeness (QED) is 0.557. The van der Waals surface area contributed by atoms with Crippen molar-refractivity contribution in [2.24, 2.45) is 0 Å². The summed E-state index contributed by atoms with van der Waals surface area (Å²) in [5.41, 5.74) is 1.92. The molecule has 2 aromatic rings. The average molecular weight is 246 g/mol. The summed E-state index contributed by atoms with van der Waals surface area (Å²) < 4.78 is 11.8. The van der Waals surface area contributed by atoms with Crippen molar-refractivity contribution >= 4 is 30.2 Å².